The average molecular weight is 400 g/mol. The van der Waals surface area contributed by atoms with Crippen LogP contribution < -0.4 is 15.5 Å². The highest BCUT2D eigenvalue weighted by Crippen LogP contribution is 2.29. The van der Waals surface area contributed by atoms with Gasteiger partial charge in [0, 0.05) is 11.6 Å². The van der Waals surface area contributed by atoms with Gasteiger partial charge in [0.2, 0.25) is 5.43 Å². The number of nitrogens with one attached hydrogen (secondary N) is 1. The van der Waals surface area contributed by atoms with E-state index in [4.69, 9.17) is 4.74 Å². The van der Waals surface area contributed by atoms with E-state index < -0.39 is 23.0 Å². The van der Waals surface area contributed by atoms with Gasteiger partial charge in [-0.15, -0.1) is 0 Å². The normalized spacial score (nSPS) is 10.5. The van der Waals surface area contributed by atoms with Gasteiger partial charge in [0.05, 0.1) is 11.2 Å². The fourth-order valence-corrected chi connectivity index (χ4v) is 3.05. The van der Waals surface area contributed by atoms with Crippen molar-refractivity contribution in [2.75, 3.05) is 5.32 Å². The Bertz CT molecular complexity index is 1310. The number of carboxylic acids is 1. The van der Waals surface area contributed by atoms with E-state index in [2.05, 4.69) is 5.32 Å². The third kappa shape index (κ3) is 3.64. The van der Waals surface area contributed by atoms with Crippen molar-refractivity contribution < 1.29 is 19.4 Å². The number of ether oxygens (including phenoxy) is 1. The number of nitrogens with zero attached hydrogens (tertiary/aromatic N) is 1. The first-order chi connectivity index (χ1) is 14.5. The fourth-order valence-electron chi connectivity index (χ4n) is 3.05. The highest BCUT2D eigenvalue weighted by Gasteiger charge is 2.18. The van der Waals surface area contributed by atoms with Crippen molar-refractivity contribution in [2.24, 2.45) is 0 Å². The molecule has 1 heterocycles. The van der Waals surface area contributed by atoms with Crippen molar-refractivity contribution in [3.8, 4) is 11.5 Å². The Kier molecular flexibility index (Phi) is 5.00. The number of carboxylic acid groups (broad SMARTS) is 1. The summed E-state index contributed by atoms with van der Waals surface area (Å²) in [7, 11) is 0. The molecule has 148 valence electrons. The third-order valence-electron chi connectivity index (χ3n) is 4.46. The molecule has 0 unspecified atom stereocenters. The van der Waals surface area contributed by atoms with Crippen molar-refractivity contribution >= 4 is 28.6 Å². The van der Waals surface area contributed by atoms with Crippen molar-refractivity contribution in [3.05, 3.63) is 101 Å². The molecule has 0 spiro atoms. The topological polar surface area (TPSA) is 97.6 Å². The summed E-state index contributed by atoms with van der Waals surface area (Å²) >= 11 is 0. The molecule has 0 saturated heterocycles. The van der Waals surface area contributed by atoms with Crippen LogP contribution in [-0.4, -0.2) is 21.7 Å². The Balaban J connectivity index is 1.74. The zero-order chi connectivity index (χ0) is 21.1. The minimum atomic E-state index is -1.40. The first-order valence-corrected chi connectivity index (χ1v) is 9.05. The van der Waals surface area contributed by atoms with E-state index in [1.54, 1.807) is 54.6 Å². The van der Waals surface area contributed by atoms with Crippen LogP contribution in [-0.2, 0) is 0 Å². The van der Waals surface area contributed by atoms with Gasteiger partial charge >= 0.3 is 12.0 Å². The van der Waals surface area contributed by atoms with E-state index >= 15 is 0 Å². The lowest BCUT2D eigenvalue weighted by Gasteiger charge is -2.15. The molecule has 1 aromatic heterocycles. The number of fused-ring (bicyclic) bond motifs is 1. The quantitative estimate of drug-likeness (QED) is 0.523. The summed E-state index contributed by atoms with van der Waals surface area (Å²) in [6.07, 6.45) is 1.03. The summed E-state index contributed by atoms with van der Waals surface area (Å²) in [5, 5.41) is 12.2. The van der Waals surface area contributed by atoms with Gasteiger partial charge in [-0.25, -0.2) is 9.59 Å². The summed E-state index contributed by atoms with van der Waals surface area (Å²) in [6, 6.07) is 21.7. The number of anilines is 1. The maximum absolute atomic E-state index is 13.0. The van der Waals surface area contributed by atoms with E-state index in [1.165, 1.54) is 6.07 Å². The summed E-state index contributed by atoms with van der Waals surface area (Å²) in [5.41, 5.74) is -0.440. The van der Waals surface area contributed by atoms with Gasteiger partial charge in [0.15, 0.2) is 5.75 Å². The minimum absolute atomic E-state index is 0.140. The highest BCUT2D eigenvalue weighted by atomic mass is 16.5. The number of rotatable bonds is 4. The van der Waals surface area contributed by atoms with Gasteiger partial charge in [-0.3, -0.25) is 9.36 Å². The van der Waals surface area contributed by atoms with Crippen molar-refractivity contribution in [1.82, 2.24) is 4.57 Å². The highest BCUT2D eigenvalue weighted by molar-refractivity contribution is 6.01. The minimum Gasteiger partial charge on any atom is -0.477 e. The van der Waals surface area contributed by atoms with E-state index in [-0.39, 0.29) is 5.39 Å². The standard InChI is InChI=1S/C23H16N2O5/c26-21-16-10-4-6-12-19(16)25(14-17(21)22(27)28)23(29)24-18-11-5-7-13-20(18)30-15-8-2-1-3-9-15/h1-14H,(H,24,29)(H,27,28). The van der Waals surface area contributed by atoms with E-state index in [0.717, 1.165) is 10.8 Å². The third-order valence-corrected chi connectivity index (χ3v) is 4.46. The molecule has 4 rings (SSSR count). The van der Waals surface area contributed by atoms with Gasteiger partial charge in [-0.2, -0.15) is 0 Å². The number of pyridine rings is 1. The Morgan fingerprint density at radius 2 is 1.53 bits per heavy atom. The van der Waals surface area contributed by atoms with Gasteiger partial charge < -0.3 is 15.2 Å². The molecular formula is C23H16N2O5. The number of hydrogen-bond donors (Lipinski definition) is 2. The molecule has 7 nitrogen and oxygen atoms in total. The number of benzene rings is 3. The number of aromatic carboxylic acids is 1. The molecule has 30 heavy (non-hydrogen) atoms. The zero-order valence-corrected chi connectivity index (χ0v) is 15.6. The predicted octanol–water partition coefficient (Wildman–Crippen LogP) is 4.57. The molecule has 4 aromatic rings. The van der Waals surface area contributed by atoms with Gasteiger partial charge in [0.1, 0.15) is 11.3 Å². The van der Waals surface area contributed by atoms with E-state index in [1.807, 2.05) is 18.2 Å². The molecular weight excluding hydrogens is 384 g/mol. The van der Waals surface area contributed by atoms with Crippen LogP contribution in [0.3, 0.4) is 0 Å². The molecule has 0 aliphatic heterocycles. The van der Waals surface area contributed by atoms with Crippen LogP contribution >= 0.6 is 0 Å². The van der Waals surface area contributed by atoms with Crippen LogP contribution in [0.4, 0.5) is 10.5 Å². The average Bonchev–Trinajstić information content (AvgIpc) is 2.76. The van der Waals surface area contributed by atoms with Crippen molar-refractivity contribution in [2.45, 2.75) is 0 Å². The molecule has 0 saturated carbocycles. The summed E-state index contributed by atoms with van der Waals surface area (Å²) in [6.45, 7) is 0. The second kappa shape index (κ2) is 7.92. The van der Waals surface area contributed by atoms with Crippen LogP contribution in [0.2, 0.25) is 0 Å². The number of amides is 1. The molecule has 2 N–H and O–H groups in total. The van der Waals surface area contributed by atoms with Gasteiger partial charge in [-0.1, -0.05) is 42.5 Å². The van der Waals surface area contributed by atoms with Crippen LogP contribution in [0, 0.1) is 0 Å². The second-order valence-electron chi connectivity index (χ2n) is 6.41. The number of hydrogen-bond acceptors (Lipinski definition) is 4. The van der Waals surface area contributed by atoms with E-state index in [0.29, 0.717) is 22.7 Å². The molecule has 3 aromatic carbocycles. The van der Waals surface area contributed by atoms with E-state index in [9.17, 15) is 19.5 Å². The monoisotopic (exact) mass is 400 g/mol. The smallest absolute Gasteiger partial charge is 0.341 e. The lowest BCUT2D eigenvalue weighted by molar-refractivity contribution is 0.0695. The Hall–Kier alpha value is -4.39. The molecule has 0 aliphatic rings. The van der Waals surface area contributed by atoms with Crippen LogP contribution in [0.5, 0.6) is 11.5 Å². The second-order valence-corrected chi connectivity index (χ2v) is 6.41. The van der Waals surface area contributed by atoms with Crippen LogP contribution in [0.25, 0.3) is 10.9 Å². The maximum Gasteiger partial charge on any atom is 0.341 e. The molecule has 0 bridgehead atoms. The lowest BCUT2D eigenvalue weighted by atomic mass is 10.1. The molecule has 0 aliphatic carbocycles. The lowest BCUT2D eigenvalue weighted by Crippen LogP contribution is -2.25. The van der Waals surface area contributed by atoms with Crippen LogP contribution in [0.1, 0.15) is 10.4 Å². The van der Waals surface area contributed by atoms with Gasteiger partial charge in [-0.05, 0) is 36.4 Å². The SMILES string of the molecule is O=C(O)c1cn(C(=O)Nc2ccccc2Oc2ccccc2)c2ccccc2c1=O. The fraction of sp³-hybridized carbons (Fsp3) is 0. The molecule has 0 fully saturated rings. The molecule has 0 radical (unpaired) electrons. The van der Waals surface area contributed by atoms with Crippen molar-refractivity contribution in [3.63, 3.8) is 0 Å². The van der Waals surface area contributed by atoms with Gasteiger partial charge in [0.25, 0.3) is 0 Å². The van der Waals surface area contributed by atoms with Crippen LogP contribution in [0.15, 0.2) is 89.9 Å². The molecule has 1 amide bonds. The summed E-state index contributed by atoms with van der Waals surface area (Å²) < 4.78 is 6.96. The number of carbonyl (C=O) groups excluding carboxylic acids is 1. The Morgan fingerprint density at radius 1 is 0.867 bits per heavy atom. The Morgan fingerprint density at radius 3 is 2.30 bits per heavy atom. The predicted molar refractivity (Wildman–Crippen MR) is 113 cm³/mol. The summed E-state index contributed by atoms with van der Waals surface area (Å²) in [5.74, 6) is -0.387. The number of carbonyl (C=O) groups is 2. The molecule has 7 heteroatoms. The van der Waals surface area contributed by atoms with Crippen molar-refractivity contribution in [1.29, 1.82) is 0 Å². The number of aromatic nitrogens is 1. The zero-order valence-electron chi connectivity index (χ0n) is 15.6. The largest absolute Gasteiger partial charge is 0.477 e. The summed E-state index contributed by atoms with van der Waals surface area (Å²) in [4.78, 5) is 36.9. The maximum atomic E-state index is 13.0. The Labute approximate surface area is 170 Å². The molecule has 0 atom stereocenters. The number of para-hydroxylation sites is 4. The first-order valence-electron chi connectivity index (χ1n) is 9.05. The first kappa shape index (κ1) is 18.9.